The van der Waals surface area contributed by atoms with Crippen LogP contribution in [0.3, 0.4) is 0 Å². The summed E-state index contributed by atoms with van der Waals surface area (Å²) in [4.78, 5) is 18.7. The monoisotopic (exact) mass is 328 g/mol. The molecule has 24 heavy (non-hydrogen) atoms. The molecule has 0 radical (unpaired) electrons. The minimum atomic E-state index is -0.357. The topological polar surface area (TPSA) is 51.7 Å². The van der Waals surface area contributed by atoms with Gasteiger partial charge in [0.15, 0.2) is 0 Å². The fourth-order valence-electron chi connectivity index (χ4n) is 3.16. The number of aromatic nitrogens is 1. The summed E-state index contributed by atoms with van der Waals surface area (Å²) in [5.41, 5.74) is 1.28. The van der Waals surface area contributed by atoms with Crippen LogP contribution in [0.2, 0.25) is 0 Å². The second kappa shape index (κ2) is 8.11. The average molecular weight is 328 g/mol. The molecule has 128 valence electrons. The number of piperidine rings is 1. The van der Waals surface area contributed by atoms with Gasteiger partial charge in [0.25, 0.3) is 0 Å². The molecule has 0 bridgehead atoms. The smallest absolute Gasteiger partial charge is 0.338 e. The molecule has 0 spiro atoms. The molecular weight excluding hydrogens is 304 g/mol. The summed E-state index contributed by atoms with van der Waals surface area (Å²) in [6.07, 6.45) is 6.62. The number of hydrogen-bond donors (Lipinski definition) is 0. The van der Waals surface area contributed by atoms with Crippen molar-refractivity contribution in [1.29, 1.82) is 0 Å². The standard InChI is InChI=1S/C19H24N2O3/c1-23-19(22)16-8-9-20-18-7-6-15(14-17(16)18)24-13-5-12-21-10-3-2-4-11-21/h6-9,14H,2-5,10-13H2,1H3. The van der Waals surface area contributed by atoms with E-state index in [1.54, 1.807) is 12.3 Å². The number of nitrogens with zero attached hydrogens (tertiary/aromatic N) is 2. The third-order valence-electron chi connectivity index (χ3n) is 4.45. The Morgan fingerprint density at radius 2 is 2.04 bits per heavy atom. The van der Waals surface area contributed by atoms with Gasteiger partial charge in [0.2, 0.25) is 0 Å². The van der Waals surface area contributed by atoms with E-state index in [1.165, 1.54) is 39.5 Å². The number of benzene rings is 1. The number of rotatable bonds is 6. The van der Waals surface area contributed by atoms with Gasteiger partial charge in [0.1, 0.15) is 5.75 Å². The zero-order valence-electron chi connectivity index (χ0n) is 14.2. The van der Waals surface area contributed by atoms with E-state index in [1.807, 2.05) is 18.2 Å². The molecule has 2 heterocycles. The molecule has 1 saturated heterocycles. The molecule has 1 aromatic carbocycles. The maximum Gasteiger partial charge on any atom is 0.338 e. The Labute approximate surface area is 142 Å². The Morgan fingerprint density at radius 3 is 2.83 bits per heavy atom. The fraction of sp³-hybridized carbons (Fsp3) is 0.474. The van der Waals surface area contributed by atoms with Gasteiger partial charge in [0.05, 0.1) is 24.8 Å². The Kier molecular flexibility index (Phi) is 5.64. The second-order valence-corrected chi connectivity index (χ2v) is 6.13. The van der Waals surface area contributed by atoms with Crippen molar-refractivity contribution in [3.8, 4) is 5.75 Å². The van der Waals surface area contributed by atoms with Crippen LogP contribution in [0.15, 0.2) is 30.5 Å². The van der Waals surface area contributed by atoms with Gasteiger partial charge in [-0.2, -0.15) is 0 Å². The number of ether oxygens (including phenoxy) is 2. The lowest BCUT2D eigenvalue weighted by atomic mass is 10.1. The normalized spacial score (nSPS) is 15.4. The molecule has 5 heteroatoms. The number of pyridine rings is 1. The van der Waals surface area contributed by atoms with Crippen molar-refractivity contribution in [3.63, 3.8) is 0 Å². The highest BCUT2D eigenvalue weighted by molar-refractivity contribution is 6.03. The molecule has 2 aromatic rings. The number of likely N-dealkylation sites (tertiary alicyclic amines) is 1. The largest absolute Gasteiger partial charge is 0.494 e. The zero-order valence-corrected chi connectivity index (χ0v) is 14.2. The summed E-state index contributed by atoms with van der Waals surface area (Å²) in [6.45, 7) is 4.19. The zero-order chi connectivity index (χ0) is 16.8. The summed E-state index contributed by atoms with van der Waals surface area (Å²) >= 11 is 0. The van der Waals surface area contributed by atoms with Gasteiger partial charge in [-0.25, -0.2) is 4.79 Å². The highest BCUT2D eigenvalue weighted by Gasteiger charge is 2.12. The van der Waals surface area contributed by atoms with E-state index in [2.05, 4.69) is 9.88 Å². The summed E-state index contributed by atoms with van der Waals surface area (Å²) in [5.74, 6) is 0.406. The van der Waals surface area contributed by atoms with Gasteiger partial charge in [-0.05, 0) is 56.6 Å². The van der Waals surface area contributed by atoms with Crippen molar-refractivity contribution in [3.05, 3.63) is 36.0 Å². The molecule has 0 aliphatic carbocycles. The van der Waals surface area contributed by atoms with Crippen molar-refractivity contribution >= 4 is 16.9 Å². The van der Waals surface area contributed by atoms with Crippen LogP contribution in [0.4, 0.5) is 0 Å². The molecular formula is C19H24N2O3. The van der Waals surface area contributed by atoms with Crippen molar-refractivity contribution in [1.82, 2.24) is 9.88 Å². The van der Waals surface area contributed by atoms with E-state index >= 15 is 0 Å². The van der Waals surface area contributed by atoms with Gasteiger partial charge in [-0.15, -0.1) is 0 Å². The molecule has 3 rings (SSSR count). The van der Waals surface area contributed by atoms with Gasteiger partial charge in [-0.1, -0.05) is 6.42 Å². The summed E-state index contributed by atoms with van der Waals surface area (Å²) < 4.78 is 10.7. The lowest BCUT2D eigenvalue weighted by Crippen LogP contribution is -2.31. The Balaban J connectivity index is 1.61. The first-order valence-electron chi connectivity index (χ1n) is 8.60. The number of carbonyl (C=O) groups excluding carboxylic acids is 1. The van der Waals surface area contributed by atoms with Gasteiger partial charge >= 0.3 is 5.97 Å². The summed E-state index contributed by atoms with van der Waals surface area (Å²) in [6, 6.07) is 7.32. The van der Waals surface area contributed by atoms with Gasteiger partial charge in [-0.3, -0.25) is 4.98 Å². The lowest BCUT2D eigenvalue weighted by molar-refractivity contribution is 0.0603. The van der Waals surface area contributed by atoms with Crippen LogP contribution in [0.25, 0.3) is 10.9 Å². The van der Waals surface area contributed by atoms with Crippen molar-refractivity contribution < 1.29 is 14.3 Å². The summed E-state index contributed by atoms with van der Waals surface area (Å²) in [7, 11) is 1.38. The van der Waals surface area contributed by atoms with Crippen molar-refractivity contribution in [2.75, 3.05) is 33.4 Å². The molecule has 0 atom stereocenters. The van der Waals surface area contributed by atoms with E-state index in [0.717, 1.165) is 29.6 Å². The SMILES string of the molecule is COC(=O)c1ccnc2ccc(OCCCN3CCCCC3)cc12. The van der Waals surface area contributed by atoms with Crippen LogP contribution in [0.5, 0.6) is 5.75 Å². The molecule has 1 aromatic heterocycles. The Hall–Kier alpha value is -2.14. The van der Waals surface area contributed by atoms with E-state index in [9.17, 15) is 4.79 Å². The van der Waals surface area contributed by atoms with Gasteiger partial charge < -0.3 is 14.4 Å². The van der Waals surface area contributed by atoms with E-state index in [0.29, 0.717) is 12.2 Å². The molecule has 1 aliphatic rings. The third kappa shape index (κ3) is 4.03. The van der Waals surface area contributed by atoms with Crippen LogP contribution >= 0.6 is 0 Å². The quantitative estimate of drug-likeness (QED) is 0.602. The number of carbonyl (C=O) groups is 1. The second-order valence-electron chi connectivity index (χ2n) is 6.13. The van der Waals surface area contributed by atoms with Crippen LogP contribution in [-0.4, -0.2) is 49.2 Å². The van der Waals surface area contributed by atoms with E-state index in [-0.39, 0.29) is 5.97 Å². The Morgan fingerprint density at radius 1 is 1.21 bits per heavy atom. The van der Waals surface area contributed by atoms with Crippen LogP contribution < -0.4 is 4.74 Å². The highest BCUT2D eigenvalue weighted by atomic mass is 16.5. The maximum absolute atomic E-state index is 11.9. The first-order chi connectivity index (χ1) is 11.8. The first kappa shape index (κ1) is 16.7. The number of hydrogen-bond acceptors (Lipinski definition) is 5. The molecule has 0 saturated carbocycles. The van der Waals surface area contributed by atoms with Crippen LogP contribution in [0.1, 0.15) is 36.0 Å². The first-order valence-corrected chi connectivity index (χ1v) is 8.60. The molecule has 0 amide bonds. The summed E-state index contributed by atoms with van der Waals surface area (Å²) in [5, 5.41) is 0.762. The van der Waals surface area contributed by atoms with Crippen molar-refractivity contribution in [2.24, 2.45) is 0 Å². The fourth-order valence-corrected chi connectivity index (χ4v) is 3.16. The predicted octanol–water partition coefficient (Wildman–Crippen LogP) is 3.28. The molecule has 1 fully saturated rings. The minimum absolute atomic E-state index is 0.357. The van der Waals surface area contributed by atoms with E-state index < -0.39 is 0 Å². The maximum atomic E-state index is 11.9. The lowest BCUT2D eigenvalue weighted by Gasteiger charge is -2.26. The van der Waals surface area contributed by atoms with Crippen molar-refractivity contribution in [2.45, 2.75) is 25.7 Å². The molecule has 0 N–H and O–H groups in total. The highest BCUT2D eigenvalue weighted by Crippen LogP contribution is 2.23. The Bertz CT molecular complexity index is 696. The number of fused-ring (bicyclic) bond motifs is 1. The van der Waals surface area contributed by atoms with Crippen LogP contribution in [-0.2, 0) is 4.74 Å². The average Bonchev–Trinajstić information content (AvgIpc) is 2.65. The van der Waals surface area contributed by atoms with E-state index in [4.69, 9.17) is 9.47 Å². The van der Waals surface area contributed by atoms with Crippen LogP contribution in [0, 0.1) is 0 Å². The molecule has 1 aliphatic heterocycles. The molecule has 5 nitrogen and oxygen atoms in total. The third-order valence-corrected chi connectivity index (χ3v) is 4.45. The number of methoxy groups -OCH3 is 1. The van der Waals surface area contributed by atoms with Gasteiger partial charge in [0, 0.05) is 18.1 Å². The predicted molar refractivity (Wildman–Crippen MR) is 93.5 cm³/mol. The minimum Gasteiger partial charge on any atom is -0.494 e. The molecule has 0 unspecified atom stereocenters. The number of esters is 1.